The fourth-order valence-electron chi connectivity index (χ4n) is 1.91. The van der Waals surface area contributed by atoms with Gasteiger partial charge in [0.2, 0.25) is 0 Å². The van der Waals surface area contributed by atoms with Crippen molar-refractivity contribution in [1.82, 2.24) is 4.90 Å². The summed E-state index contributed by atoms with van der Waals surface area (Å²) in [6, 6.07) is 0. The molecule has 108 valence electrons. The van der Waals surface area contributed by atoms with Crippen LogP contribution in [0.15, 0.2) is 0 Å². The number of hydrogen-bond donors (Lipinski definition) is 3. The molecule has 0 spiro atoms. The third-order valence-electron chi connectivity index (χ3n) is 2.80. The summed E-state index contributed by atoms with van der Waals surface area (Å²) >= 11 is 0. The quantitative estimate of drug-likeness (QED) is 0.527. The molecular formula is C11H24NO5P. The van der Waals surface area contributed by atoms with Crippen molar-refractivity contribution in [2.75, 3.05) is 19.4 Å². The van der Waals surface area contributed by atoms with Crippen LogP contribution >= 0.6 is 7.60 Å². The molecule has 0 bridgehead atoms. The Morgan fingerprint density at radius 2 is 1.94 bits per heavy atom. The van der Waals surface area contributed by atoms with E-state index in [1.807, 2.05) is 6.92 Å². The van der Waals surface area contributed by atoms with Gasteiger partial charge >= 0.3 is 13.6 Å². The van der Waals surface area contributed by atoms with Crippen LogP contribution in [0.4, 0.5) is 0 Å². The van der Waals surface area contributed by atoms with Gasteiger partial charge in [0.15, 0.2) is 0 Å². The minimum atomic E-state index is -4.21. The first kappa shape index (κ1) is 17.6. The van der Waals surface area contributed by atoms with E-state index >= 15 is 0 Å². The summed E-state index contributed by atoms with van der Waals surface area (Å²) in [5.41, 5.74) is 0. The molecule has 1 atom stereocenters. The van der Waals surface area contributed by atoms with Gasteiger partial charge in [0, 0.05) is 6.54 Å². The van der Waals surface area contributed by atoms with E-state index < -0.39 is 19.9 Å². The third kappa shape index (κ3) is 9.59. The SMILES string of the molecule is CCCCC(CC)CN(CC(=O)O)CP(=O)(O)O. The molecule has 3 N–H and O–H groups in total. The maximum atomic E-state index is 11.0. The van der Waals surface area contributed by atoms with Crippen molar-refractivity contribution in [3.8, 4) is 0 Å². The number of carboxylic acids is 1. The molecule has 0 rings (SSSR count). The van der Waals surface area contributed by atoms with E-state index in [1.165, 1.54) is 4.90 Å². The van der Waals surface area contributed by atoms with Crippen LogP contribution in [0.25, 0.3) is 0 Å². The van der Waals surface area contributed by atoms with Crippen LogP contribution in [0.2, 0.25) is 0 Å². The zero-order chi connectivity index (χ0) is 14.2. The van der Waals surface area contributed by atoms with Gasteiger partial charge < -0.3 is 14.9 Å². The molecule has 1 unspecified atom stereocenters. The van der Waals surface area contributed by atoms with Gasteiger partial charge in [-0.3, -0.25) is 14.3 Å². The number of nitrogens with zero attached hydrogens (tertiary/aromatic N) is 1. The highest BCUT2D eigenvalue weighted by atomic mass is 31.2. The average molecular weight is 281 g/mol. The van der Waals surface area contributed by atoms with E-state index in [4.69, 9.17) is 14.9 Å². The molecule has 6 nitrogen and oxygen atoms in total. The number of hydrogen-bond acceptors (Lipinski definition) is 3. The van der Waals surface area contributed by atoms with Crippen LogP contribution in [-0.4, -0.2) is 45.1 Å². The molecule has 7 heteroatoms. The zero-order valence-corrected chi connectivity index (χ0v) is 12.0. The monoisotopic (exact) mass is 281 g/mol. The normalized spacial score (nSPS) is 13.8. The molecule has 0 aliphatic carbocycles. The molecule has 0 fully saturated rings. The summed E-state index contributed by atoms with van der Waals surface area (Å²) < 4.78 is 11.0. The number of carbonyl (C=O) groups is 1. The topological polar surface area (TPSA) is 98.1 Å². The van der Waals surface area contributed by atoms with E-state index in [1.54, 1.807) is 0 Å². The first-order chi connectivity index (χ1) is 8.28. The van der Waals surface area contributed by atoms with E-state index in [9.17, 15) is 9.36 Å². The molecule has 0 saturated carbocycles. The predicted octanol–water partition coefficient (Wildman–Crippen LogP) is 1.72. The fourth-order valence-corrected chi connectivity index (χ4v) is 2.64. The summed E-state index contributed by atoms with van der Waals surface area (Å²) in [4.78, 5) is 29.9. The molecule has 0 heterocycles. The van der Waals surface area contributed by atoms with Crippen molar-refractivity contribution in [2.45, 2.75) is 39.5 Å². The van der Waals surface area contributed by atoms with Gasteiger partial charge in [-0.2, -0.15) is 0 Å². The fraction of sp³-hybridized carbons (Fsp3) is 0.909. The van der Waals surface area contributed by atoms with E-state index in [0.29, 0.717) is 6.54 Å². The Bertz CT molecular complexity index is 291. The number of unbranched alkanes of at least 4 members (excludes halogenated alkanes) is 1. The van der Waals surface area contributed by atoms with Crippen LogP contribution < -0.4 is 0 Å². The van der Waals surface area contributed by atoms with Crippen molar-refractivity contribution in [3.63, 3.8) is 0 Å². The van der Waals surface area contributed by atoms with Crippen LogP contribution in [0.3, 0.4) is 0 Å². The molecule has 0 aromatic heterocycles. The predicted molar refractivity (Wildman–Crippen MR) is 69.4 cm³/mol. The Kier molecular flexibility index (Phi) is 8.44. The first-order valence-electron chi connectivity index (χ1n) is 6.27. The molecule has 0 amide bonds. The Labute approximate surface area is 108 Å². The third-order valence-corrected chi connectivity index (χ3v) is 3.57. The van der Waals surface area contributed by atoms with Gasteiger partial charge in [0.05, 0.1) is 6.54 Å². The average Bonchev–Trinajstić information content (AvgIpc) is 2.20. The minimum absolute atomic E-state index is 0.288. The van der Waals surface area contributed by atoms with Crippen molar-refractivity contribution in [1.29, 1.82) is 0 Å². The molecule has 18 heavy (non-hydrogen) atoms. The summed E-state index contributed by atoms with van der Waals surface area (Å²) in [7, 11) is -4.21. The second-order valence-corrected chi connectivity index (χ2v) is 6.24. The lowest BCUT2D eigenvalue weighted by Gasteiger charge is -2.25. The van der Waals surface area contributed by atoms with Crippen LogP contribution in [-0.2, 0) is 9.36 Å². The molecule has 0 aliphatic rings. The molecule has 0 radical (unpaired) electrons. The summed E-state index contributed by atoms with van der Waals surface area (Å²) in [5.74, 6) is -0.773. The first-order valence-corrected chi connectivity index (χ1v) is 8.07. The maximum absolute atomic E-state index is 11.0. The number of rotatable bonds is 10. The number of carboxylic acid groups (broad SMARTS) is 1. The van der Waals surface area contributed by atoms with E-state index in [-0.39, 0.29) is 12.5 Å². The zero-order valence-electron chi connectivity index (χ0n) is 11.1. The van der Waals surface area contributed by atoms with Gasteiger partial charge in [-0.15, -0.1) is 0 Å². The Morgan fingerprint density at radius 3 is 2.33 bits per heavy atom. The maximum Gasteiger partial charge on any atom is 0.339 e. The molecule has 0 saturated heterocycles. The second-order valence-electron chi connectivity index (χ2n) is 4.63. The lowest BCUT2D eigenvalue weighted by molar-refractivity contribution is -0.138. The molecule has 0 aliphatic heterocycles. The van der Waals surface area contributed by atoms with E-state index in [0.717, 1.165) is 25.7 Å². The van der Waals surface area contributed by atoms with Crippen LogP contribution in [0.1, 0.15) is 39.5 Å². The van der Waals surface area contributed by atoms with Gasteiger partial charge in [-0.1, -0.05) is 33.1 Å². The van der Waals surface area contributed by atoms with Gasteiger partial charge in [-0.05, 0) is 12.3 Å². The minimum Gasteiger partial charge on any atom is -0.480 e. The van der Waals surface area contributed by atoms with Crippen molar-refractivity contribution in [2.24, 2.45) is 5.92 Å². The summed E-state index contributed by atoms with van der Waals surface area (Å²) in [5, 5.41) is 8.75. The summed E-state index contributed by atoms with van der Waals surface area (Å²) in [6.45, 7) is 4.19. The van der Waals surface area contributed by atoms with Crippen LogP contribution in [0, 0.1) is 5.92 Å². The highest BCUT2D eigenvalue weighted by Crippen LogP contribution is 2.35. The number of aliphatic carboxylic acids is 1. The molecule has 0 aromatic rings. The Balaban J connectivity index is 4.44. The van der Waals surface area contributed by atoms with Gasteiger partial charge in [-0.25, -0.2) is 0 Å². The Morgan fingerprint density at radius 1 is 1.33 bits per heavy atom. The summed E-state index contributed by atoms with van der Waals surface area (Å²) in [6.07, 6.45) is 3.48. The lowest BCUT2D eigenvalue weighted by Crippen LogP contribution is -2.35. The van der Waals surface area contributed by atoms with Gasteiger partial charge in [0.25, 0.3) is 0 Å². The second kappa shape index (κ2) is 8.64. The Hall–Kier alpha value is -0.420. The van der Waals surface area contributed by atoms with Crippen molar-refractivity contribution >= 4 is 13.6 Å². The van der Waals surface area contributed by atoms with Crippen LogP contribution in [0.5, 0.6) is 0 Å². The highest BCUT2D eigenvalue weighted by Gasteiger charge is 2.23. The van der Waals surface area contributed by atoms with Crippen molar-refractivity contribution < 1.29 is 24.3 Å². The van der Waals surface area contributed by atoms with E-state index in [2.05, 4.69) is 6.92 Å². The lowest BCUT2D eigenvalue weighted by atomic mass is 9.99. The standard InChI is InChI=1S/C11H24NO5P/c1-3-5-6-10(4-2)7-12(8-11(13)14)9-18(15,16)17/h10H,3-9H2,1-2H3,(H,13,14)(H2,15,16,17). The molecular weight excluding hydrogens is 257 g/mol. The molecule has 0 aromatic carbocycles. The van der Waals surface area contributed by atoms with Gasteiger partial charge in [0.1, 0.15) is 6.29 Å². The smallest absolute Gasteiger partial charge is 0.339 e. The van der Waals surface area contributed by atoms with Crippen molar-refractivity contribution in [3.05, 3.63) is 0 Å². The highest BCUT2D eigenvalue weighted by molar-refractivity contribution is 7.51. The largest absolute Gasteiger partial charge is 0.480 e.